The second-order valence-corrected chi connectivity index (χ2v) is 5.76. The van der Waals surface area contributed by atoms with Gasteiger partial charge in [0.25, 0.3) is 0 Å². The molecule has 6 heteroatoms. The van der Waals surface area contributed by atoms with E-state index in [-0.39, 0.29) is 5.84 Å². The molecule has 0 atom stereocenters. The molecule has 21 heavy (non-hydrogen) atoms. The number of hydrogen-bond acceptors (Lipinski definition) is 5. The lowest BCUT2D eigenvalue weighted by atomic mass is 10.1. The van der Waals surface area contributed by atoms with Gasteiger partial charge in [-0.25, -0.2) is 4.98 Å². The molecule has 0 amide bonds. The number of nitrogens with two attached hydrogens (primary N) is 1. The van der Waals surface area contributed by atoms with Gasteiger partial charge < -0.3 is 20.6 Å². The maximum Gasteiger partial charge on any atom is 0.173 e. The third kappa shape index (κ3) is 2.68. The lowest BCUT2D eigenvalue weighted by Crippen LogP contribution is -2.38. The monoisotopic (exact) mass is 290 g/mol. The highest BCUT2D eigenvalue weighted by atomic mass is 16.5. The van der Waals surface area contributed by atoms with Crippen LogP contribution in [-0.4, -0.2) is 42.3 Å². The predicted molar refractivity (Wildman–Crippen MR) is 81.0 cm³/mol. The summed E-state index contributed by atoms with van der Waals surface area (Å²) < 4.78 is 5.42. The van der Waals surface area contributed by atoms with Crippen molar-refractivity contribution in [2.24, 2.45) is 10.9 Å². The van der Waals surface area contributed by atoms with Gasteiger partial charge in [-0.05, 0) is 43.7 Å². The van der Waals surface area contributed by atoms with Crippen molar-refractivity contribution in [2.75, 3.05) is 25.2 Å². The Morgan fingerprint density at radius 3 is 2.90 bits per heavy atom. The second-order valence-electron chi connectivity index (χ2n) is 5.76. The summed E-state index contributed by atoms with van der Waals surface area (Å²) >= 11 is 0. The van der Waals surface area contributed by atoms with Crippen LogP contribution in [0.4, 0.5) is 5.82 Å². The van der Waals surface area contributed by atoms with E-state index in [2.05, 4.69) is 10.1 Å². The molecule has 0 unspecified atom stereocenters. The second kappa shape index (κ2) is 5.89. The first kappa shape index (κ1) is 14.1. The average Bonchev–Trinajstić information content (AvgIpc) is 3.00. The first-order chi connectivity index (χ1) is 10.2. The highest BCUT2D eigenvalue weighted by Gasteiger charge is 2.25. The molecular weight excluding hydrogens is 268 g/mol. The molecule has 1 fully saturated rings. The van der Waals surface area contributed by atoms with Crippen LogP contribution >= 0.6 is 0 Å². The molecule has 3 rings (SSSR count). The van der Waals surface area contributed by atoms with Crippen LogP contribution in [-0.2, 0) is 17.6 Å². The smallest absolute Gasteiger partial charge is 0.173 e. The third-order valence-corrected chi connectivity index (χ3v) is 4.49. The number of ether oxygens (including phenoxy) is 1. The summed E-state index contributed by atoms with van der Waals surface area (Å²) in [5.74, 6) is 0.948. The summed E-state index contributed by atoms with van der Waals surface area (Å²) in [6.07, 6.45) is 5.12. The van der Waals surface area contributed by atoms with Crippen molar-refractivity contribution in [1.82, 2.24) is 4.98 Å². The molecule has 2 aliphatic rings. The number of amidine groups is 1. The number of rotatable bonds is 3. The van der Waals surface area contributed by atoms with Crippen molar-refractivity contribution < 1.29 is 9.94 Å². The molecule has 1 aliphatic carbocycles. The van der Waals surface area contributed by atoms with E-state index >= 15 is 0 Å². The Morgan fingerprint density at radius 2 is 2.19 bits per heavy atom. The van der Waals surface area contributed by atoms with Gasteiger partial charge in [-0.15, -0.1) is 0 Å². The molecule has 0 spiro atoms. The van der Waals surface area contributed by atoms with Gasteiger partial charge in [0, 0.05) is 32.0 Å². The van der Waals surface area contributed by atoms with Gasteiger partial charge in [-0.3, -0.25) is 0 Å². The number of anilines is 1. The molecule has 0 saturated carbocycles. The van der Waals surface area contributed by atoms with E-state index in [0.29, 0.717) is 6.04 Å². The van der Waals surface area contributed by atoms with Gasteiger partial charge in [-0.2, -0.15) is 0 Å². The van der Waals surface area contributed by atoms with Crippen LogP contribution in [0.15, 0.2) is 11.2 Å². The van der Waals surface area contributed by atoms with Crippen LogP contribution in [0, 0.1) is 0 Å². The van der Waals surface area contributed by atoms with Gasteiger partial charge in [0.15, 0.2) is 5.84 Å². The highest BCUT2D eigenvalue weighted by molar-refractivity contribution is 6.01. The Balaban J connectivity index is 1.99. The predicted octanol–water partition coefficient (Wildman–Crippen LogP) is 1.28. The van der Waals surface area contributed by atoms with Gasteiger partial charge in [0.2, 0.25) is 0 Å². The summed E-state index contributed by atoms with van der Waals surface area (Å²) in [6, 6.07) is 2.42. The van der Waals surface area contributed by atoms with Gasteiger partial charge in [0.05, 0.1) is 5.56 Å². The SMILES string of the molecule is CN(c1nc2c(cc1C(N)=NO)CCC2)C1CCOCC1. The van der Waals surface area contributed by atoms with Crippen LogP contribution in [0.5, 0.6) is 0 Å². The fourth-order valence-corrected chi connectivity index (χ4v) is 3.22. The molecule has 2 heterocycles. The summed E-state index contributed by atoms with van der Waals surface area (Å²) in [5, 5.41) is 12.2. The molecule has 1 saturated heterocycles. The third-order valence-electron chi connectivity index (χ3n) is 4.49. The number of aromatic nitrogens is 1. The first-order valence-electron chi connectivity index (χ1n) is 7.52. The maximum absolute atomic E-state index is 9.05. The summed E-state index contributed by atoms with van der Waals surface area (Å²) in [7, 11) is 2.04. The van der Waals surface area contributed by atoms with Crippen molar-refractivity contribution in [2.45, 2.75) is 38.1 Å². The molecule has 6 nitrogen and oxygen atoms in total. The Hall–Kier alpha value is -1.82. The summed E-state index contributed by atoms with van der Waals surface area (Å²) in [4.78, 5) is 6.97. The largest absolute Gasteiger partial charge is 0.409 e. The molecule has 1 aromatic rings. The zero-order chi connectivity index (χ0) is 14.8. The molecule has 1 aromatic heterocycles. The van der Waals surface area contributed by atoms with Crippen molar-refractivity contribution >= 4 is 11.7 Å². The van der Waals surface area contributed by atoms with E-state index in [1.807, 2.05) is 13.1 Å². The van der Waals surface area contributed by atoms with Crippen molar-refractivity contribution in [3.05, 3.63) is 22.9 Å². The Labute approximate surface area is 124 Å². The number of oxime groups is 1. The average molecular weight is 290 g/mol. The topological polar surface area (TPSA) is 84.0 Å². The van der Waals surface area contributed by atoms with Gasteiger partial charge in [0.1, 0.15) is 5.82 Å². The molecule has 114 valence electrons. The van der Waals surface area contributed by atoms with E-state index in [9.17, 15) is 0 Å². The van der Waals surface area contributed by atoms with E-state index in [4.69, 9.17) is 20.7 Å². The Bertz CT molecular complexity index is 553. The van der Waals surface area contributed by atoms with E-state index < -0.39 is 0 Å². The summed E-state index contributed by atoms with van der Waals surface area (Å²) in [6.45, 7) is 1.55. The standard InChI is InChI=1S/C15H22N4O2/c1-19(11-5-7-21-8-6-11)15-12(14(16)18-20)9-10-3-2-4-13(10)17-15/h9,11,20H,2-8H2,1H3,(H2,16,18). The number of hydrogen-bond donors (Lipinski definition) is 2. The molecule has 0 aromatic carbocycles. The normalized spacial score (nSPS) is 19.6. The number of fused-ring (bicyclic) bond motifs is 1. The van der Waals surface area contributed by atoms with Crippen LogP contribution in [0.3, 0.4) is 0 Å². The van der Waals surface area contributed by atoms with E-state index in [1.54, 1.807) is 0 Å². The van der Waals surface area contributed by atoms with E-state index in [1.165, 1.54) is 5.56 Å². The molecule has 3 N–H and O–H groups in total. The fraction of sp³-hybridized carbons (Fsp3) is 0.600. The molecule has 0 bridgehead atoms. The number of nitrogens with zero attached hydrogens (tertiary/aromatic N) is 3. The number of pyridine rings is 1. The summed E-state index contributed by atoms with van der Waals surface area (Å²) in [5.41, 5.74) is 8.97. The van der Waals surface area contributed by atoms with Gasteiger partial charge in [-0.1, -0.05) is 5.16 Å². The van der Waals surface area contributed by atoms with Crippen LogP contribution < -0.4 is 10.6 Å². The van der Waals surface area contributed by atoms with Crippen LogP contribution in [0.1, 0.15) is 36.1 Å². The molecule has 0 radical (unpaired) electrons. The Kier molecular flexibility index (Phi) is 3.96. The Morgan fingerprint density at radius 1 is 1.43 bits per heavy atom. The lowest BCUT2D eigenvalue weighted by molar-refractivity contribution is 0.0853. The van der Waals surface area contributed by atoms with E-state index in [0.717, 1.165) is 62.4 Å². The fourth-order valence-electron chi connectivity index (χ4n) is 3.22. The minimum atomic E-state index is 0.131. The first-order valence-corrected chi connectivity index (χ1v) is 7.52. The van der Waals surface area contributed by atoms with Crippen molar-refractivity contribution in [1.29, 1.82) is 0 Å². The van der Waals surface area contributed by atoms with Crippen molar-refractivity contribution in [3.63, 3.8) is 0 Å². The lowest BCUT2D eigenvalue weighted by Gasteiger charge is -2.33. The van der Waals surface area contributed by atoms with Crippen LogP contribution in [0.2, 0.25) is 0 Å². The zero-order valence-corrected chi connectivity index (χ0v) is 12.4. The number of aryl methyl sites for hydroxylation is 2. The minimum absolute atomic E-state index is 0.131. The highest BCUT2D eigenvalue weighted by Crippen LogP contribution is 2.29. The molecular formula is C15H22N4O2. The minimum Gasteiger partial charge on any atom is -0.409 e. The van der Waals surface area contributed by atoms with Gasteiger partial charge >= 0.3 is 0 Å². The van der Waals surface area contributed by atoms with Crippen molar-refractivity contribution in [3.8, 4) is 0 Å². The van der Waals surface area contributed by atoms with Crippen LogP contribution in [0.25, 0.3) is 0 Å². The quantitative estimate of drug-likeness (QED) is 0.379. The zero-order valence-electron chi connectivity index (χ0n) is 12.4. The maximum atomic E-state index is 9.05. The molecule has 1 aliphatic heterocycles.